The van der Waals surface area contributed by atoms with Crippen molar-refractivity contribution in [1.29, 1.82) is 0 Å². The van der Waals surface area contributed by atoms with Crippen molar-refractivity contribution >= 4 is 12.4 Å². The van der Waals surface area contributed by atoms with Gasteiger partial charge in [-0.3, -0.25) is 9.59 Å². The number of carbonyl (C=O) groups is 2. The summed E-state index contributed by atoms with van der Waals surface area (Å²) in [6.07, 6.45) is 2.52. The number of hydrogen-bond acceptors (Lipinski definition) is 2. The third-order valence-electron chi connectivity index (χ3n) is 3.29. The van der Waals surface area contributed by atoms with Crippen LogP contribution in [0.4, 0.5) is 4.39 Å². The average Bonchev–Trinajstić information content (AvgIpc) is 2.34. The van der Waals surface area contributed by atoms with Gasteiger partial charge in [0.2, 0.25) is 6.41 Å². The van der Waals surface area contributed by atoms with E-state index in [0.717, 1.165) is 17.5 Å². The van der Waals surface area contributed by atoms with Gasteiger partial charge in [0.05, 0.1) is 0 Å². The second-order valence-corrected chi connectivity index (χ2v) is 4.48. The van der Waals surface area contributed by atoms with Crippen molar-refractivity contribution in [1.82, 2.24) is 4.90 Å². The highest BCUT2D eigenvalue weighted by Crippen LogP contribution is 2.24. The molecule has 1 aliphatic carbocycles. The molecule has 0 aliphatic heterocycles. The summed E-state index contributed by atoms with van der Waals surface area (Å²) in [5.74, 6) is -1.34. The number of carboxylic acid groups (broad SMARTS) is 1. The molecule has 1 unspecified atom stereocenters. The molecular formula is C13H14FNO3. The molecular weight excluding hydrogens is 237 g/mol. The van der Waals surface area contributed by atoms with Gasteiger partial charge in [0.15, 0.2) is 0 Å². The molecule has 1 aromatic carbocycles. The van der Waals surface area contributed by atoms with E-state index in [4.69, 9.17) is 5.11 Å². The predicted molar refractivity (Wildman–Crippen MR) is 62.6 cm³/mol. The Balaban J connectivity index is 2.14. The Hall–Kier alpha value is -1.91. The summed E-state index contributed by atoms with van der Waals surface area (Å²) in [5.41, 5.74) is 1.94. The maximum atomic E-state index is 13.1. The number of carboxylic acids is 1. The minimum absolute atomic E-state index is 0.159. The quantitative estimate of drug-likeness (QED) is 0.819. The first-order valence-electron chi connectivity index (χ1n) is 5.80. The van der Waals surface area contributed by atoms with Crippen LogP contribution >= 0.6 is 0 Å². The lowest BCUT2D eigenvalue weighted by atomic mass is 9.87. The Morgan fingerprint density at radius 2 is 2.28 bits per heavy atom. The maximum Gasteiger partial charge on any atom is 0.323 e. The van der Waals surface area contributed by atoms with E-state index in [-0.39, 0.29) is 18.4 Å². The van der Waals surface area contributed by atoms with Gasteiger partial charge in [-0.05, 0) is 42.5 Å². The van der Waals surface area contributed by atoms with Crippen molar-refractivity contribution in [3.63, 3.8) is 0 Å². The molecule has 0 radical (unpaired) electrons. The molecule has 96 valence electrons. The van der Waals surface area contributed by atoms with Gasteiger partial charge in [0.25, 0.3) is 0 Å². The molecule has 0 fully saturated rings. The number of amides is 1. The molecule has 1 N–H and O–H groups in total. The van der Waals surface area contributed by atoms with Crippen molar-refractivity contribution in [3.05, 3.63) is 35.1 Å². The van der Waals surface area contributed by atoms with Gasteiger partial charge >= 0.3 is 5.97 Å². The van der Waals surface area contributed by atoms with Crippen LogP contribution in [0.25, 0.3) is 0 Å². The van der Waals surface area contributed by atoms with E-state index in [0.29, 0.717) is 19.3 Å². The van der Waals surface area contributed by atoms with Crippen molar-refractivity contribution in [2.24, 2.45) is 0 Å². The molecule has 0 heterocycles. The summed E-state index contributed by atoms with van der Waals surface area (Å²) in [5, 5.41) is 8.72. The fraction of sp³-hybridized carbons (Fsp3) is 0.385. The monoisotopic (exact) mass is 251 g/mol. The fourth-order valence-electron chi connectivity index (χ4n) is 2.40. The van der Waals surface area contributed by atoms with Crippen LogP contribution < -0.4 is 0 Å². The van der Waals surface area contributed by atoms with Crippen LogP contribution in [0.5, 0.6) is 0 Å². The lowest BCUT2D eigenvalue weighted by molar-refractivity contribution is -0.142. The third-order valence-corrected chi connectivity index (χ3v) is 3.29. The Morgan fingerprint density at radius 1 is 1.50 bits per heavy atom. The van der Waals surface area contributed by atoms with Crippen LogP contribution in [0.1, 0.15) is 17.5 Å². The summed E-state index contributed by atoms with van der Waals surface area (Å²) in [6, 6.07) is 4.48. The highest BCUT2D eigenvalue weighted by molar-refractivity contribution is 5.72. The zero-order chi connectivity index (χ0) is 13.1. The highest BCUT2D eigenvalue weighted by atomic mass is 19.1. The first-order chi connectivity index (χ1) is 8.60. The first kappa shape index (κ1) is 12.5. The lowest BCUT2D eigenvalue weighted by Gasteiger charge is -2.31. The molecule has 4 nitrogen and oxygen atoms in total. The molecule has 0 spiro atoms. The molecule has 1 aliphatic rings. The van der Waals surface area contributed by atoms with E-state index >= 15 is 0 Å². The van der Waals surface area contributed by atoms with Gasteiger partial charge in [0, 0.05) is 6.04 Å². The number of hydrogen-bond donors (Lipinski definition) is 1. The molecule has 1 atom stereocenters. The summed E-state index contributed by atoms with van der Waals surface area (Å²) in [7, 11) is 0. The highest BCUT2D eigenvalue weighted by Gasteiger charge is 2.24. The molecule has 5 heteroatoms. The summed E-state index contributed by atoms with van der Waals surface area (Å²) < 4.78 is 13.1. The normalized spacial score (nSPS) is 17.9. The van der Waals surface area contributed by atoms with Gasteiger partial charge in [-0.15, -0.1) is 0 Å². The summed E-state index contributed by atoms with van der Waals surface area (Å²) in [4.78, 5) is 22.8. The van der Waals surface area contributed by atoms with Gasteiger partial charge in [0.1, 0.15) is 12.4 Å². The minimum Gasteiger partial charge on any atom is -0.480 e. The van der Waals surface area contributed by atoms with E-state index in [1.165, 1.54) is 17.0 Å². The zero-order valence-corrected chi connectivity index (χ0v) is 9.80. The second-order valence-electron chi connectivity index (χ2n) is 4.48. The number of nitrogens with zero attached hydrogens (tertiary/aromatic N) is 1. The molecule has 1 amide bonds. The van der Waals surface area contributed by atoms with E-state index in [2.05, 4.69) is 0 Å². The van der Waals surface area contributed by atoms with Gasteiger partial charge in [-0.1, -0.05) is 6.07 Å². The largest absolute Gasteiger partial charge is 0.480 e. The Bertz CT molecular complexity index is 475. The van der Waals surface area contributed by atoms with Crippen LogP contribution in [0.15, 0.2) is 18.2 Å². The maximum absolute atomic E-state index is 13.1. The van der Waals surface area contributed by atoms with Crippen molar-refractivity contribution in [2.75, 3.05) is 6.54 Å². The van der Waals surface area contributed by atoms with E-state index in [1.54, 1.807) is 6.07 Å². The van der Waals surface area contributed by atoms with E-state index in [9.17, 15) is 14.0 Å². The molecule has 0 bridgehead atoms. The molecule has 2 rings (SSSR count). The summed E-state index contributed by atoms with van der Waals surface area (Å²) in [6.45, 7) is -0.307. The van der Waals surface area contributed by atoms with Crippen LogP contribution in [0.3, 0.4) is 0 Å². The Labute approximate surface area is 104 Å². The Morgan fingerprint density at radius 3 is 2.94 bits per heavy atom. The SMILES string of the molecule is O=CN(CC(=O)O)C1CCc2ccc(F)cc2C1. The molecule has 0 saturated heterocycles. The first-order valence-corrected chi connectivity index (χ1v) is 5.80. The topological polar surface area (TPSA) is 57.6 Å². The number of rotatable bonds is 4. The number of halogens is 1. The van der Waals surface area contributed by atoms with Gasteiger partial charge < -0.3 is 10.0 Å². The smallest absolute Gasteiger partial charge is 0.323 e. The second kappa shape index (κ2) is 5.16. The van der Waals surface area contributed by atoms with E-state index < -0.39 is 5.97 Å². The lowest BCUT2D eigenvalue weighted by Crippen LogP contribution is -2.41. The zero-order valence-electron chi connectivity index (χ0n) is 9.80. The van der Waals surface area contributed by atoms with Gasteiger partial charge in [-0.25, -0.2) is 4.39 Å². The molecule has 0 aromatic heterocycles. The van der Waals surface area contributed by atoms with Crippen LogP contribution in [0.2, 0.25) is 0 Å². The van der Waals surface area contributed by atoms with Crippen LogP contribution in [-0.2, 0) is 22.4 Å². The number of benzene rings is 1. The molecule has 0 saturated carbocycles. The minimum atomic E-state index is -1.04. The van der Waals surface area contributed by atoms with Crippen LogP contribution in [0, 0.1) is 5.82 Å². The standard InChI is InChI=1S/C13H14FNO3/c14-11-3-1-9-2-4-12(6-10(9)5-11)15(8-16)7-13(17)18/h1,3,5,8,12H,2,4,6-7H2,(H,17,18). The number of carbonyl (C=O) groups excluding carboxylic acids is 1. The fourth-order valence-corrected chi connectivity index (χ4v) is 2.40. The molecule has 1 aromatic rings. The number of fused-ring (bicyclic) bond motifs is 1. The van der Waals surface area contributed by atoms with Crippen molar-refractivity contribution < 1.29 is 19.1 Å². The molecule has 18 heavy (non-hydrogen) atoms. The van der Waals surface area contributed by atoms with E-state index in [1.807, 2.05) is 0 Å². The number of aryl methyl sites for hydroxylation is 1. The third kappa shape index (κ3) is 2.67. The van der Waals surface area contributed by atoms with Crippen molar-refractivity contribution in [3.8, 4) is 0 Å². The number of aliphatic carboxylic acids is 1. The van der Waals surface area contributed by atoms with Gasteiger partial charge in [-0.2, -0.15) is 0 Å². The Kier molecular flexibility index (Phi) is 3.60. The summed E-state index contributed by atoms with van der Waals surface area (Å²) >= 11 is 0. The average molecular weight is 251 g/mol. The van der Waals surface area contributed by atoms with Crippen LogP contribution in [-0.4, -0.2) is 35.0 Å². The predicted octanol–water partition coefficient (Wildman–Crippen LogP) is 1.23. The van der Waals surface area contributed by atoms with Crippen molar-refractivity contribution in [2.45, 2.75) is 25.3 Å².